The highest BCUT2D eigenvalue weighted by Gasteiger charge is 2.22. The summed E-state index contributed by atoms with van der Waals surface area (Å²) in [7, 11) is 0. The Labute approximate surface area is 463 Å². The van der Waals surface area contributed by atoms with Crippen LogP contribution >= 0.6 is 0 Å². The Morgan fingerprint density at radius 3 is 1.47 bits per heavy atom. The fourth-order valence-electron chi connectivity index (χ4n) is 8.39. The van der Waals surface area contributed by atoms with Crippen LogP contribution in [0.5, 0.6) is 23.0 Å². The summed E-state index contributed by atoms with van der Waals surface area (Å²) in [6, 6.07) is 55.3. The molecule has 79 heavy (non-hydrogen) atoms. The van der Waals surface area contributed by atoms with E-state index in [0.717, 1.165) is 52.3 Å². The summed E-state index contributed by atoms with van der Waals surface area (Å²) in [6.07, 6.45) is 4.24. The van der Waals surface area contributed by atoms with Crippen molar-refractivity contribution in [2.75, 3.05) is 24.3 Å². The quantitative estimate of drug-likeness (QED) is 0.0521. The molecule has 0 unspecified atom stereocenters. The number of nitrogen functional groups attached to an aromatic ring is 1. The zero-order valence-electron chi connectivity index (χ0n) is 46.1. The van der Waals surface area contributed by atoms with Gasteiger partial charge in [-0.1, -0.05) is 174 Å². The Hall–Kier alpha value is -9.09. The molecule has 0 bridgehead atoms. The Morgan fingerprint density at radius 2 is 1.01 bits per heavy atom. The highest BCUT2D eigenvalue weighted by atomic mass is 16.5. The standard InChI is InChI=1S/C32H31NO4.C23H23NO3.C8H7NO.C4H8O/c1-21-13-15-22(16-14-21)19-30(34)33-27-20-23(24-9-5-6-10-25(24)31(35)36)17-18-29(27)37-28-12-8-7-11-26(28)32(2,3)4;1-23(2,3)18-10-6-7-11-20(18)27-21-13-12-15(14-19(21)24)16-8-4-5-9-17(16)22(25)26;1-7-2-4-8(5-3-7)9-6-10;1-2-4-5-3-1/h5-18,20H,19H2,1-4H3,(H,33,34)(H,35,36);4-14H,24H2,1-3H3,(H,25,26);2-5H,1H3;1-4H2. The minimum atomic E-state index is -1.01. The first kappa shape index (κ1) is 59.2. The largest absolute Gasteiger partial charge is 0.478 e. The summed E-state index contributed by atoms with van der Waals surface area (Å²) < 4.78 is 17.4. The molecule has 0 atom stereocenters. The second-order valence-electron chi connectivity index (χ2n) is 20.9. The number of carboxylic acid groups (broad SMARTS) is 2. The number of hydrogen-bond acceptors (Lipinski definition) is 9. The van der Waals surface area contributed by atoms with Crippen molar-refractivity contribution in [3.63, 3.8) is 0 Å². The minimum Gasteiger partial charge on any atom is -0.478 e. The van der Waals surface area contributed by atoms with Crippen LogP contribution in [0.2, 0.25) is 0 Å². The van der Waals surface area contributed by atoms with E-state index in [2.05, 4.69) is 51.9 Å². The van der Waals surface area contributed by atoms with E-state index in [4.69, 9.17) is 19.9 Å². The van der Waals surface area contributed by atoms with Gasteiger partial charge in [-0.25, -0.2) is 14.4 Å². The average molecular weight is 1060 g/mol. The third-order valence-corrected chi connectivity index (χ3v) is 12.6. The van der Waals surface area contributed by atoms with Crippen LogP contribution in [0.4, 0.5) is 17.1 Å². The van der Waals surface area contributed by atoms with Gasteiger partial charge in [0.2, 0.25) is 12.0 Å². The lowest BCUT2D eigenvalue weighted by Crippen LogP contribution is -2.16. The fourth-order valence-corrected chi connectivity index (χ4v) is 8.39. The molecule has 12 heteroatoms. The molecule has 0 spiro atoms. The lowest BCUT2D eigenvalue weighted by molar-refractivity contribution is -0.115. The number of nitrogens with two attached hydrogens (primary N) is 1. The van der Waals surface area contributed by atoms with Crippen LogP contribution in [-0.2, 0) is 31.6 Å². The predicted molar refractivity (Wildman–Crippen MR) is 315 cm³/mol. The molecule has 9 rings (SSSR count). The van der Waals surface area contributed by atoms with Gasteiger partial charge in [-0.3, -0.25) is 4.79 Å². The van der Waals surface area contributed by atoms with Gasteiger partial charge in [0.05, 0.1) is 34.6 Å². The molecule has 0 saturated carbocycles. The normalized spacial score (nSPS) is 11.6. The molecule has 12 nitrogen and oxygen atoms in total. The molecule has 1 fully saturated rings. The summed E-state index contributed by atoms with van der Waals surface area (Å²) in [6.45, 7) is 18.7. The molecule has 1 aliphatic heterocycles. The van der Waals surface area contributed by atoms with Crippen LogP contribution in [0.25, 0.3) is 22.3 Å². The number of anilines is 2. The van der Waals surface area contributed by atoms with E-state index in [1.54, 1.807) is 78.9 Å². The first-order valence-electron chi connectivity index (χ1n) is 26.0. The number of benzene rings is 8. The van der Waals surface area contributed by atoms with Crippen molar-refractivity contribution in [1.82, 2.24) is 0 Å². The van der Waals surface area contributed by atoms with Crippen molar-refractivity contribution in [1.29, 1.82) is 0 Å². The van der Waals surface area contributed by atoms with E-state index in [1.807, 2.05) is 117 Å². The number of amides is 1. The monoisotopic (exact) mass is 1060 g/mol. The van der Waals surface area contributed by atoms with Crippen LogP contribution in [0.15, 0.2) is 187 Å². The van der Waals surface area contributed by atoms with E-state index >= 15 is 0 Å². The third kappa shape index (κ3) is 17.5. The first-order valence-corrected chi connectivity index (χ1v) is 26.0. The Kier molecular flexibility index (Phi) is 20.8. The molecule has 1 saturated heterocycles. The van der Waals surface area contributed by atoms with Crippen LogP contribution in [-0.4, -0.2) is 47.4 Å². The lowest BCUT2D eigenvalue weighted by atomic mass is 9.86. The SMILES string of the molecule is C1CCOC1.CC(C)(C)c1ccccc1Oc1ccc(-c2ccccc2C(=O)O)cc1N.Cc1ccc(CC(=O)Nc2cc(-c3ccccc3C(=O)O)ccc2Oc2ccccc2C(C)(C)C)cc1.Cc1ccc(N=C=O)cc1. The number of aryl methyl sites for hydroxylation is 2. The van der Waals surface area contributed by atoms with Crippen molar-refractivity contribution < 1.29 is 43.6 Å². The van der Waals surface area contributed by atoms with Gasteiger partial charge in [0.25, 0.3) is 0 Å². The maximum absolute atomic E-state index is 13.1. The molecule has 1 heterocycles. The number of nitrogens with one attached hydrogen (secondary N) is 1. The predicted octanol–water partition coefficient (Wildman–Crippen LogP) is 16.1. The van der Waals surface area contributed by atoms with Gasteiger partial charge in [-0.05, 0) is 126 Å². The smallest absolute Gasteiger partial charge is 0.336 e. The molecular formula is C67H69N3O9. The van der Waals surface area contributed by atoms with Crippen molar-refractivity contribution in [2.45, 2.75) is 85.5 Å². The topological polar surface area (TPSA) is 187 Å². The molecule has 0 radical (unpaired) electrons. The summed E-state index contributed by atoms with van der Waals surface area (Å²) >= 11 is 0. The number of ether oxygens (including phenoxy) is 3. The number of aliphatic imine (C=N–C) groups is 1. The van der Waals surface area contributed by atoms with Crippen LogP contribution in [0, 0.1) is 13.8 Å². The number of rotatable bonds is 12. The molecule has 8 aromatic carbocycles. The number of carboxylic acids is 2. The van der Waals surface area contributed by atoms with Gasteiger partial charge in [0, 0.05) is 24.3 Å². The molecule has 1 aliphatic rings. The molecule has 0 aromatic heterocycles. The highest BCUT2D eigenvalue weighted by Crippen LogP contribution is 2.40. The summed E-state index contributed by atoms with van der Waals surface area (Å²) in [4.78, 5) is 49.6. The number of carbonyl (C=O) groups is 3. The van der Waals surface area contributed by atoms with Gasteiger partial charge in [0.1, 0.15) is 17.2 Å². The second-order valence-corrected chi connectivity index (χ2v) is 20.9. The number of carbonyl (C=O) groups excluding carboxylic acids is 2. The van der Waals surface area contributed by atoms with Crippen LogP contribution in [0.1, 0.15) is 103 Å². The van der Waals surface area contributed by atoms with E-state index in [9.17, 15) is 29.4 Å². The van der Waals surface area contributed by atoms with E-state index < -0.39 is 11.9 Å². The van der Waals surface area contributed by atoms with E-state index in [-0.39, 0.29) is 34.3 Å². The zero-order chi connectivity index (χ0) is 57.1. The fraction of sp³-hybridized carbons (Fsp3) is 0.224. The first-order chi connectivity index (χ1) is 37.7. The number of nitrogens with zero attached hydrogens (tertiary/aromatic N) is 1. The molecule has 5 N–H and O–H groups in total. The van der Waals surface area contributed by atoms with Gasteiger partial charge in [-0.2, -0.15) is 4.99 Å². The maximum Gasteiger partial charge on any atom is 0.336 e. The Morgan fingerprint density at radius 1 is 0.570 bits per heavy atom. The Bertz CT molecular complexity index is 3390. The van der Waals surface area contributed by atoms with E-state index in [1.165, 1.54) is 18.9 Å². The Balaban J connectivity index is 0.000000207. The summed E-state index contributed by atoms with van der Waals surface area (Å²) in [5, 5.41) is 22.1. The van der Waals surface area contributed by atoms with Gasteiger partial charge in [0.15, 0.2) is 5.75 Å². The van der Waals surface area contributed by atoms with Gasteiger partial charge >= 0.3 is 11.9 Å². The third-order valence-electron chi connectivity index (χ3n) is 12.6. The molecule has 0 aliphatic carbocycles. The van der Waals surface area contributed by atoms with Crippen molar-refractivity contribution in [3.05, 3.63) is 221 Å². The second kappa shape index (κ2) is 27.8. The number of aromatic carboxylic acids is 2. The average Bonchev–Trinajstić information content (AvgIpc) is 4.05. The molecule has 1 amide bonds. The molecular weight excluding hydrogens is 991 g/mol. The van der Waals surface area contributed by atoms with Crippen molar-refractivity contribution in [3.8, 4) is 45.3 Å². The van der Waals surface area contributed by atoms with Crippen LogP contribution in [0.3, 0.4) is 0 Å². The van der Waals surface area contributed by atoms with Gasteiger partial charge in [-0.15, -0.1) is 0 Å². The lowest BCUT2D eigenvalue weighted by Gasteiger charge is -2.23. The minimum absolute atomic E-state index is 0.0638. The number of para-hydroxylation sites is 2. The maximum atomic E-state index is 13.1. The summed E-state index contributed by atoms with van der Waals surface area (Å²) in [5.41, 5.74) is 15.9. The highest BCUT2D eigenvalue weighted by molar-refractivity contribution is 5.99. The van der Waals surface area contributed by atoms with Gasteiger partial charge < -0.3 is 35.5 Å². The zero-order valence-corrected chi connectivity index (χ0v) is 46.1. The van der Waals surface area contributed by atoms with Crippen molar-refractivity contribution >= 4 is 41.0 Å². The van der Waals surface area contributed by atoms with Crippen molar-refractivity contribution in [2.24, 2.45) is 4.99 Å². The number of isocyanates is 1. The molecule has 406 valence electrons. The molecule has 8 aromatic rings. The number of hydrogen-bond donors (Lipinski definition) is 4. The van der Waals surface area contributed by atoms with E-state index in [0.29, 0.717) is 51.0 Å². The summed E-state index contributed by atoms with van der Waals surface area (Å²) in [5.74, 6) is 0.303. The van der Waals surface area contributed by atoms with Crippen LogP contribution < -0.4 is 20.5 Å².